The number of para-hydroxylation sites is 3. The molecule has 1 N–H and O–H groups in total. The highest BCUT2D eigenvalue weighted by Crippen LogP contribution is 2.24. The van der Waals surface area contributed by atoms with Gasteiger partial charge in [0.1, 0.15) is 17.1 Å². The van der Waals surface area contributed by atoms with Crippen molar-refractivity contribution in [1.29, 1.82) is 0 Å². The van der Waals surface area contributed by atoms with E-state index in [-0.39, 0.29) is 24.3 Å². The normalized spacial score (nSPS) is 10.7. The number of amides is 2. The van der Waals surface area contributed by atoms with Gasteiger partial charge in [-0.2, -0.15) is 0 Å². The highest BCUT2D eigenvalue weighted by Gasteiger charge is 2.19. The molecule has 0 saturated heterocycles. The molecule has 0 aliphatic carbocycles. The van der Waals surface area contributed by atoms with Crippen molar-refractivity contribution < 1.29 is 18.3 Å². The van der Waals surface area contributed by atoms with Crippen LogP contribution < -0.4 is 15.5 Å². The van der Waals surface area contributed by atoms with E-state index in [1.807, 2.05) is 0 Å². The molecule has 162 valence electrons. The number of fused-ring (bicyclic) bond motifs is 1. The van der Waals surface area contributed by atoms with Crippen LogP contribution in [0.15, 0.2) is 88.3 Å². The maximum absolute atomic E-state index is 13.3. The Hall–Kier alpha value is -4.13. The van der Waals surface area contributed by atoms with Crippen molar-refractivity contribution in [3.05, 3.63) is 106 Å². The quantitative estimate of drug-likeness (QED) is 0.456. The van der Waals surface area contributed by atoms with Gasteiger partial charge in [-0.25, -0.2) is 9.18 Å². The second kappa shape index (κ2) is 9.34. The first kappa shape index (κ1) is 21.1. The molecule has 32 heavy (non-hydrogen) atoms. The van der Waals surface area contributed by atoms with Gasteiger partial charge in [0.2, 0.25) is 0 Å². The van der Waals surface area contributed by atoms with Crippen LogP contribution in [0.2, 0.25) is 0 Å². The fourth-order valence-electron chi connectivity index (χ4n) is 3.38. The fourth-order valence-corrected chi connectivity index (χ4v) is 3.38. The molecule has 7 heteroatoms. The van der Waals surface area contributed by atoms with Crippen LogP contribution in [0.4, 0.5) is 14.9 Å². The van der Waals surface area contributed by atoms with Crippen molar-refractivity contribution in [1.82, 2.24) is 4.90 Å². The van der Waals surface area contributed by atoms with E-state index < -0.39 is 6.03 Å². The number of rotatable bonds is 6. The Kier molecular flexibility index (Phi) is 6.17. The lowest BCUT2D eigenvalue weighted by Crippen LogP contribution is -2.35. The standard InChI is InChI=1S/C25H21FN2O4/c1-31-23-9-5-3-7-21(23)27-25(30)28(14-17-10-12-19(26)13-11-17)15-18-16-32-22-8-4-2-6-20(22)24(18)29/h2-13,16H,14-15H2,1H3,(H,27,30). The highest BCUT2D eigenvalue weighted by atomic mass is 19.1. The monoisotopic (exact) mass is 432 g/mol. The smallest absolute Gasteiger partial charge is 0.322 e. The maximum atomic E-state index is 13.3. The van der Waals surface area contributed by atoms with E-state index in [2.05, 4.69) is 5.32 Å². The summed E-state index contributed by atoms with van der Waals surface area (Å²) >= 11 is 0. The number of benzene rings is 3. The van der Waals surface area contributed by atoms with Crippen LogP contribution in [0.3, 0.4) is 0 Å². The molecular formula is C25H21FN2O4. The number of hydrogen-bond donors (Lipinski definition) is 1. The predicted molar refractivity (Wildman–Crippen MR) is 120 cm³/mol. The minimum absolute atomic E-state index is 0.00548. The van der Waals surface area contributed by atoms with Crippen LogP contribution >= 0.6 is 0 Å². The molecule has 1 heterocycles. The zero-order chi connectivity index (χ0) is 22.5. The van der Waals surface area contributed by atoms with Gasteiger partial charge >= 0.3 is 6.03 Å². The van der Waals surface area contributed by atoms with Gasteiger partial charge in [0.05, 0.1) is 36.6 Å². The summed E-state index contributed by atoms with van der Waals surface area (Å²) in [6.45, 7) is 0.166. The van der Waals surface area contributed by atoms with Crippen molar-refractivity contribution in [3.8, 4) is 5.75 Å². The maximum Gasteiger partial charge on any atom is 0.322 e. The minimum atomic E-state index is -0.439. The molecule has 0 unspecified atom stereocenters. The number of nitrogens with zero attached hydrogens (tertiary/aromatic N) is 1. The summed E-state index contributed by atoms with van der Waals surface area (Å²) in [6, 6.07) is 19.4. The molecule has 0 atom stereocenters. The van der Waals surface area contributed by atoms with E-state index in [4.69, 9.17) is 9.15 Å². The number of ether oxygens (including phenoxy) is 1. The Labute approximate surface area is 183 Å². The van der Waals surface area contributed by atoms with Crippen LogP contribution in [-0.4, -0.2) is 18.0 Å². The molecule has 0 bridgehead atoms. The molecule has 3 aromatic carbocycles. The van der Waals surface area contributed by atoms with Gasteiger partial charge < -0.3 is 19.4 Å². The molecular weight excluding hydrogens is 411 g/mol. The lowest BCUT2D eigenvalue weighted by molar-refractivity contribution is 0.206. The Morgan fingerprint density at radius 2 is 1.72 bits per heavy atom. The third kappa shape index (κ3) is 4.62. The second-order valence-corrected chi connectivity index (χ2v) is 7.20. The number of carbonyl (C=O) groups excluding carboxylic acids is 1. The molecule has 4 rings (SSSR count). The minimum Gasteiger partial charge on any atom is -0.495 e. The van der Waals surface area contributed by atoms with Gasteiger partial charge in [-0.3, -0.25) is 4.79 Å². The van der Waals surface area contributed by atoms with Gasteiger partial charge in [0.15, 0.2) is 5.43 Å². The van der Waals surface area contributed by atoms with E-state index in [9.17, 15) is 14.0 Å². The second-order valence-electron chi connectivity index (χ2n) is 7.20. The molecule has 2 amide bonds. The van der Waals surface area contributed by atoms with Crippen molar-refractivity contribution in [2.45, 2.75) is 13.1 Å². The lowest BCUT2D eigenvalue weighted by Gasteiger charge is -2.23. The Bertz CT molecular complexity index is 1300. The number of carbonyl (C=O) groups is 1. The number of anilines is 1. The van der Waals surface area contributed by atoms with Crippen LogP contribution in [0.25, 0.3) is 11.0 Å². The van der Waals surface area contributed by atoms with E-state index in [0.29, 0.717) is 33.5 Å². The van der Waals surface area contributed by atoms with Crippen LogP contribution in [0.1, 0.15) is 11.1 Å². The van der Waals surface area contributed by atoms with Crippen LogP contribution in [0.5, 0.6) is 5.75 Å². The van der Waals surface area contributed by atoms with E-state index in [1.165, 1.54) is 30.4 Å². The number of hydrogen-bond acceptors (Lipinski definition) is 4. The summed E-state index contributed by atoms with van der Waals surface area (Å²) in [7, 11) is 1.52. The summed E-state index contributed by atoms with van der Waals surface area (Å²) in [4.78, 5) is 27.6. The first-order valence-corrected chi connectivity index (χ1v) is 9.98. The van der Waals surface area contributed by atoms with E-state index >= 15 is 0 Å². The Morgan fingerprint density at radius 3 is 2.50 bits per heavy atom. The molecule has 1 aromatic heterocycles. The van der Waals surface area contributed by atoms with E-state index in [0.717, 1.165) is 0 Å². The summed E-state index contributed by atoms with van der Waals surface area (Å²) in [5.41, 5.74) is 1.81. The van der Waals surface area contributed by atoms with E-state index in [1.54, 1.807) is 60.7 Å². The van der Waals surface area contributed by atoms with Gasteiger partial charge in [-0.1, -0.05) is 36.4 Å². The third-order valence-electron chi connectivity index (χ3n) is 5.04. The molecule has 0 spiro atoms. The number of halogens is 1. The predicted octanol–water partition coefficient (Wildman–Crippen LogP) is 5.18. The highest BCUT2D eigenvalue weighted by molar-refractivity contribution is 5.91. The molecule has 0 aliphatic rings. The van der Waals surface area contributed by atoms with Crippen molar-refractivity contribution in [2.75, 3.05) is 12.4 Å². The number of nitrogens with one attached hydrogen (secondary N) is 1. The topological polar surface area (TPSA) is 71.8 Å². The summed E-state index contributed by atoms with van der Waals surface area (Å²) < 4.78 is 24.2. The number of methoxy groups -OCH3 is 1. The summed E-state index contributed by atoms with van der Waals surface area (Å²) in [5, 5.41) is 3.27. The molecule has 0 radical (unpaired) electrons. The first-order valence-electron chi connectivity index (χ1n) is 9.98. The molecule has 0 fully saturated rings. The van der Waals surface area contributed by atoms with Gasteiger partial charge in [-0.15, -0.1) is 0 Å². The molecule has 4 aromatic rings. The first-order chi connectivity index (χ1) is 15.5. The SMILES string of the molecule is COc1ccccc1NC(=O)N(Cc1ccc(F)cc1)Cc1coc2ccccc2c1=O. The summed E-state index contributed by atoms with van der Waals surface area (Å²) in [6.07, 6.45) is 1.37. The Balaban J connectivity index is 1.65. The van der Waals surface area contributed by atoms with Crippen LogP contribution in [-0.2, 0) is 13.1 Å². The van der Waals surface area contributed by atoms with Crippen molar-refractivity contribution >= 4 is 22.7 Å². The largest absolute Gasteiger partial charge is 0.495 e. The zero-order valence-corrected chi connectivity index (χ0v) is 17.4. The van der Waals surface area contributed by atoms with Gasteiger partial charge in [-0.05, 0) is 42.0 Å². The Morgan fingerprint density at radius 1 is 1.00 bits per heavy atom. The zero-order valence-electron chi connectivity index (χ0n) is 17.4. The van der Waals surface area contributed by atoms with Gasteiger partial charge in [0.25, 0.3) is 0 Å². The average Bonchev–Trinajstić information content (AvgIpc) is 2.82. The number of urea groups is 1. The third-order valence-corrected chi connectivity index (χ3v) is 5.04. The fraction of sp³-hybridized carbons (Fsp3) is 0.120. The molecule has 6 nitrogen and oxygen atoms in total. The van der Waals surface area contributed by atoms with Crippen molar-refractivity contribution in [3.63, 3.8) is 0 Å². The summed E-state index contributed by atoms with van der Waals surface area (Å²) in [5.74, 6) is 0.141. The van der Waals surface area contributed by atoms with Crippen LogP contribution in [0, 0.1) is 5.82 Å². The lowest BCUT2D eigenvalue weighted by atomic mass is 10.1. The van der Waals surface area contributed by atoms with Crippen molar-refractivity contribution in [2.24, 2.45) is 0 Å². The molecule has 0 saturated carbocycles. The van der Waals surface area contributed by atoms with Gasteiger partial charge in [0, 0.05) is 6.54 Å². The average molecular weight is 432 g/mol. The molecule has 0 aliphatic heterocycles.